The highest BCUT2D eigenvalue weighted by molar-refractivity contribution is 7.91. The Morgan fingerprint density at radius 3 is 2.62 bits per heavy atom. The van der Waals surface area contributed by atoms with Gasteiger partial charge in [-0.2, -0.15) is 0 Å². The molecule has 2 aliphatic rings. The van der Waals surface area contributed by atoms with E-state index in [0.717, 1.165) is 24.2 Å². The number of hydrogen-bond acceptors (Lipinski definition) is 6. The van der Waals surface area contributed by atoms with Crippen LogP contribution in [-0.2, 0) is 21.3 Å². The molecule has 1 aromatic heterocycles. The van der Waals surface area contributed by atoms with Gasteiger partial charge in [-0.15, -0.1) is 0 Å². The molecule has 1 unspecified atom stereocenters. The number of sulfone groups is 1. The van der Waals surface area contributed by atoms with Gasteiger partial charge in [0.1, 0.15) is 0 Å². The first kappa shape index (κ1) is 17.7. The largest absolute Gasteiger partial charge is 0.429 e. The van der Waals surface area contributed by atoms with Gasteiger partial charge in [-0.25, -0.2) is 8.42 Å². The number of fused-ring (bicyclic) bond motifs is 1. The monoisotopic (exact) mass is 395 g/mol. The molecule has 0 saturated carbocycles. The van der Waals surface area contributed by atoms with Crippen LogP contribution in [0.3, 0.4) is 0 Å². The molecule has 1 aromatic carbocycles. The smallest absolute Gasteiger partial charge is 0.270 e. The van der Waals surface area contributed by atoms with Crippen LogP contribution in [0.4, 0.5) is 0 Å². The van der Waals surface area contributed by atoms with Crippen molar-refractivity contribution < 1.29 is 17.6 Å². The molecular weight excluding hydrogens is 374 g/mol. The fourth-order valence-corrected chi connectivity index (χ4v) is 5.68. The molecule has 1 atom stereocenters. The lowest BCUT2D eigenvalue weighted by Crippen LogP contribution is -2.50. The van der Waals surface area contributed by atoms with Crippen molar-refractivity contribution in [2.45, 2.75) is 13.1 Å². The number of benzene rings is 1. The molecule has 3 heterocycles. The summed E-state index contributed by atoms with van der Waals surface area (Å²) < 4.78 is 30.8. The molecule has 0 spiro atoms. The summed E-state index contributed by atoms with van der Waals surface area (Å²) in [4.78, 5) is 17.0. The van der Waals surface area contributed by atoms with Crippen molar-refractivity contribution in [1.82, 2.24) is 14.4 Å². The van der Waals surface area contributed by atoms with Crippen LogP contribution in [0.25, 0.3) is 11.1 Å². The number of rotatable bonds is 3. The fraction of sp³-hybridized carbons (Fsp3) is 0.529. The van der Waals surface area contributed by atoms with E-state index in [4.69, 9.17) is 16.6 Å². The molecule has 2 saturated heterocycles. The molecule has 0 N–H and O–H groups in total. The summed E-state index contributed by atoms with van der Waals surface area (Å²) in [6.45, 7) is 3.30. The molecule has 7 nitrogen and oxygen atoms in total. The summed E-state index contributed by atoms with van der Waals surface area (Å²) in [5.41, 5.74) is 1.74. The minimum atomic E-state index is -3.03. The average Bonchev–Trinajstić information content (AvgIpc) is 3.14. The number of para-hydroxylation sites is 2. The van der Waals surface area contributed by atoms with Crippen LogP contribution in [0.5, 0.6) is 0 Å². The Morgan fingerprint density at radius 2 is 1.92 bits per heavy atom. The lowest BCUT2D eigenvalue weighted by molar-refractivity contribution is -0.136. The highest BCUT2D eigenvalue weighted by Crippen LogP contribution is 2.22. The SMILES string of the molecule is O=C(C1CCS(=O)(=O)C1)N1CCN(Cn2c(=S)oc3ccccc32)CC1. The molecule has 4 rings (SSSR count). The summed E-state index contributed by atoms with van der Waals surface area (Å²) >= 11 is 5.33. The normalized spacial score (nSPS) is 23.5. The Hall–Kier alpha value is -1.71. The van der Waals surface area contributed by atoms with E-state index in [1.807, 2.05) is 28.8 Å². The predicted molar refractivity (Wildman–Crippen MR) is 100.0 cm³/mol. The lowest BCUT2D eigenvalue weighted by atomic mass is 10.1. The molecular formula is C17H21N3O4S2. The minimum Gasteiger partial charge on any atom is -0.429 e. The molecule has 9 heteroatoms. The predicted octanol–water partition coefficient (Wildman–Crippen LogP) is 1.50. The van der Waals surface area contributed by atoms with Crippen LogP contribution < -0.4 is 0 Å². The van der Waals surface area contributed by atoms with E-state index in [-0.39, 0.29) is 23.3 Å². The first-order valence-electron chi connectivity index (χ1n) is 8.73. The molecule has 140 valence electrons. The highest BCUT2D eigenvalue weighted by atomic mass is 32.2. The van der Waals surface area contributed by atoms with Gasteiger partial charge in [-0.1, -0.05) is 12.1 Å². The van der Waals surface area contributed by atoms with Crippen LogP contribution in [0, 0.1) is 10.8 Å². The molecule has 0 radical (unpaired) electrons. The molecule has 0 bridgehead atoms. The summed E-state index contributed by atoms with van der Waals surface area (Å²) in [7, 11) is -3.03. The van der Waals surface area contributed by atoms with E-state index >= 15 is 0 Å². The molecule has 2 fully saturated rings. The van der Waals surface area contributed by atoms with Crippen LogP contribution in [0.1, 0.15) is 6.42 Å². The second kappa shape index (κ2) is 6.79. The van der Waals surface area contributed by atoms with Gasteiger partial charge in [0.2, 0.25) is 5.91 Å². The van der Waals surface area contributed by atoms with Crippen LogP contribution in [0.15, 0.2) is 28.7 Å². The van der Waals surface area contributed by atoms with Gasteiger partial charge in [0.15, 0.2) is 15.4 Å². The van der Waals surface area contributed by atoms with Crippen molar-refractivity contribution in [1.29, 1.82) is 0 Å². The van der Waals surface area contributed by atoms with Crippen LogP contribution >= 0.6 is 12.2 Å². The van der Waals surface area contributed by atoms with E-state index in [2.05, 4.69) is 4.90 Å². The molecule has 2 aromatic rings. The topological polar surface area (TPSA) is 75.8 Å². The zero-order valence-corrected chi connectivity index (χ0v) is 16.0. The van der Waals surface area contributed by atoms with Gasteiger partial charge >= 0.3 is 0 Å². The second-order valence-electron chi connectivity index (χ2n) is 6.95. The minimum absolute atomic E-state index is 0.00220. The summed E-state index contributed by atoms with van der Waals surface area (Å²) in [5, 5.41) is 0. The first-order valence-corrected chi connectivity index (χ1v) is 11.0. The van der Waals surface area contributed by atoms with Gasteiger partial charge in [-0.3, -0.25) is 14.3 Å². The number of carbonyl (C=O) groups is 1. The lowest BCUT2D eigenvalue weighted by Gasteiger charge is -2.35. The zero-order chi connectivity index (χ0) is 18.3. The molecule has 2 aliphatic heterocycles. The van der Waals surface area contributed by atoms with Crippen molar-refractivity contribution in [3.05, 3.63) is 29.1 Å². The Labute approximate surface area is 157 Å². The number of nitrogens with zero attached hydrogens (tertiary/aromatic N) is 3. The first-order chi connectivity index (χ1) is 12.4. The highest BCUT2D eigenvalue weighted by Gasteiger charge is 2.36. The maximum Gasteiger partial charge on any atom is 0.270 e. The van der Waals surface area contributed by atoms with Crippen molar-refractivity contribution in [2.24, 2.45) is 5.92 Å². The maximum atomic E-state index is 12.5. The van der Waals surface area contributed by atoms with E-state index in [9.17, 15) is 13.2 Å². The maximum absolute atomic E-state index is 12.5. The Morgan fingerprint density at radius 1 is 1.19 bits per heavy atom. The number of carbonyl (C=O) groups excluding carboxylic acids is 1. The van der Waals surface area contributed by atoms with E-state index < -0.39 is 9.84 Å². The van der Waals surface area contributed by atoms with Crippen molar-refractivity contribution in [2.75, 3.05) is 37.7 Å². The molecule has 0 aliphatic carbocycles. The third-order valence-corrected chi connectivity index (χ3v) is 7.25. The van der Waals surface area contributed by atoms with Crippen LogP contribution in [0.2, 0.25) is 0 Å². The van der Waals surface area contributed by atoms with Crippen molar-refractivity contribution in [3.8, 4) is 0 Å². The number of hydrogen-bond donors (Lipinski definition) is 0. The van der Waals surface area contributed by atoms with Crippen molar-refractivity contribution in [3.63, 3.8) is 0 Å². The van der Waals surface area contributed by atoms with Crippen molar-refractivity contribution >= 4 is 39.1 Å². The Bertz CT molecular complexity index is 987. The molecule has 1 amide bonds. The van der Waals surface area contributed by atoms with Gasteiger partial charge < -0.3 is 9.32 Å². The third kappa shape index (κ3) is 3.43. The quantitative estimate of drug-likeness (QED) is 0.733. The Balaban J connectivity index is 1.39. The van der Waals surface area contributed by atoms with E-state index in [0.29, 0.717) is 31.0 Å². The summed E-state index contributed by atoms with van der Waals surface area (Å²) in [6, 6.07) is 7.75. The second-order valence-corrected chi connectivity index (χ2v) is 9.53. The van der Waals surface area contributed by atoms with Gasteiger partial charge in [0.25, 0.3) is 4.84 Å². The average molecular weight is 396 g/mol. The standard InChI is InChI=1S/C17H21N3O4S2/c21-16(13-5-10-26(22,23)11-13)19-8-6-18(7-9-19)12-20-14-3-1-2-4-15(14)24-17(20)25/h1-4,13H,5-12H2. The zero-order valence-electron chi connectivity index (χ0n) is 14.3. The number of aromatic nitrogens is 1. The number of piperazine rings is 1. The van der Waals surface area contributed by atoms with Gasteiger partial charge in [0, 0.05) is 26.2 Å². The van der Waals surface area contributed by atoms with E-state index in [1.54, 1.807) is 4.90 Å². The fourth-order valence-electron chi connectivity index (χ4n) is 3.71. The number of oxazole rings is 1. The summed E-state index contributed by atoms with van der Waals surface area (Å²) in [6.07, 6.45) is 0.456. The summed E-state index contributed by atoms with van der Waals surface area (Å²) in [5.74, 6) is -0.244. The van der Waals surface area contributed by atoms with Gasteiger partial charge in [0.05, 0.1) is 29.6 Å². The molecule has 26 heavy (non-hydrogen) atoms. The number of amides is 1. The van der Waals surface area contributed by atoms with Gasteiger partial charge in [-0.05, 0) is 30.8 Å². The Kier molecular flexibility index (Phi) is 4.62. The van der Waals surface area contributed by atoms with Crippen LogP contribution in [-0.4, -0.2) is 66.4 Å². The third-order valence-electron chi connectivity index (χ3n) is 5.18. The van der Waals surface area contributed by atoms with E-state index in [1.165, 1.54) is 0 Å².